The average Bonchev–Trinajstić information content (AvgIpc) is 3.63. The van der Waals surface area contributed by atoms with E-state index in [0.29, 0.717) is 41.1 Å². The van der Waals surface area contributed by atoms with Crippen LogP contribution in [0.25, 0.3) is 22.4 Å². The third-order valence-corrected chi connectivity index (χ3v) is 10.7. The Morgan fingerprint density at radius 3 is 2.43 bits per heavy atom. The number of halogens is 2. The molecule has 2 aliphatic heterocycles. The summed E-state index contributed by atoms with van der Waals surface area (Å²) in [6.45, 7) is 5.72. The average molecular weight is 661 g/mol. The number of hydrogen-bond acceptors (Lipinski definition) is 6. The number of pyridine rings is 1. The molecule has 1 saturated carbocycles. The monoisotopic (exact) mass is 659 g/mol. The van der Waals surface area contributed by atoms with E-state index in [0.717, 1.165) is 66.8 Å². The minimum atomic E-state index is -0.263. The standard InChI is InChI=1S/C36H39Cl2N5O3/c1-22-13-14-40-30(22)17-41-36(18-35(19-36)20-46-21-35)28-8-4-6-26(33(28)38)25-5-3-7-27(32(25)37)29-11-9-23(34(43-29)45-2)15-39-16-24-10-12-31(44)42-24/h3-9,11,13-14,24,39-41H,10,12,15-21H2,1-2H3,(H,42,44)/t24-/m0/s1. The number of carbonyl (C=O) groups excluding carboxylic acids is 1. The van der Waals surface area contributed by atoms with Gasteiger partial charge in [-0.05, 0) is 49.4 Å². The summed E-state index contributed by atoms with van der Waals surface area (Å²) in [7, 11) is 1.62. The van der Waals surface area contributed by atoms with Crippen LogP contribution in [0.1, 0.15) is 48.1 Å². The molecule has 4 heterocycles. The number of H-pyrrole nitrogens is 1. The molecule has 1 aliphatic carbocycles. The third-order valence-electron chi connectivity index (χ3n) is 9.84. The van der Waals surface area contributed by atoms with Crippen LogP contribution < -0.4 is 20.7 Å². The van der Waals surface area contributed by atoms with E-state index in [1.165, 1.54) is 11.3 Å². The minimum absolute atomic E-state index is 0.112. The fourth-order valence-corrected chi connectivity index (χ4v) is 8.09. The largest absolute Gasteiger partial charge is 0.481 e. The number of benzene rings is 2. The molecule has 1 atom stereocenters. The second-order valence-electron chi connectivity index (χ2n) is 13.1. The zero-order valence-electron chi connectivity index (χ0n) is 26.1. The molecule has 10 heteroatoms. The lowest BCUT2D eigenvalue weighted by Gasteiger charge is -2.61. The highest BCUT2D eigenvalue weighted by molar-refractivity contribution is 6.38. The topological polar surface area (TPSA) is 100 Å². The summed E-state index contributed by atoms with van der Waals surface area (Å²) in [5, 5.41) is 11.6. The van der Waals surface area contributed by atoms with Crippen LogP contribution in [0, 0.1) is 12.3 Å². The van der Waals surface area contributed by atoms with Crippen molar-refractivity contribution in [2.45, 2.75) is 57.3 Å². The SMILES string of the molecule is COc1nc(-c2cccc(-c3cccc(C4(NCc5[nH]ccc5C)CC5(COC5)C4)c3Cl)c2Cl)ccc1CNC[C@@H]1CCC(=O)N1. The number of carbonyl (C=O) groups is 1. The summed E-state index contributed by atoms with van der Waals surface area (Å²) >= 11 is 14.5. The highest BCUT2D eigenvalue weighted by Crippen LogP contribution is 2.59. The molecule has 1 amide bonds. The molecule has 3 aliphatic rings. The number of nitrogens with one attached hydrogen (secondary N) is 4. The first kappa shape index (κ1) is 31.2. The van der Waals surface area contributed by atoms with E-state index < -0.39 is 0 Å². The van der Waals surface area contributed by atoms with E-state index >= 15 is 0 Å². The molecule has 2 aromatic carbocycles. The molecule has 0 bridgehead atoms. The van der Waals surface area contributed by atoms with Crippen molar-refractivity contribution >= 4 is 29.1 Å². The van der Waals surface area contributed by atoms with E-state index in [1.54, 1.807) is 7.11 Å². The molecular weight excluding hydrogens is 621 g/mol. The molecule has 0 radical (unpaired) electrons. The van der Waals surface area contributed by atoms with Crippen LogP contribution in [-0.2, 0) is 28.2 Å². The number of nitrogens with zero attached hydrogens (tertiary/aromatic N) is 1. The Balaban J connectivity index is 1.15. The van der Waals surface area contributed by atoms with E-state index in [9.17, 15) is 4.79 Å². The maximum Gasteiger partial charge on any atom is 0.220 e. The molecule has 1 spiro atoms. The van der Waals surface area contributed by atoms with Gasteiger partial charge in [-0.15, -0.1) is 0 Å². The van der Waals surface area contributed by atoms with Crippen molar-refractivity contribution in [1.82, 2.24) is 25.9 Å². The fourth-order valence-electron chi connectivity index (χ4n) is 7.35. The highest BCUT2D eigenvalue weighted by atomic mass is 35.5. The number of aromatic nitrogens is 2. The Hall–Kier alpha value is -3.40. The van der Waals surface area contributed by atoms with Crippen molar-refractivity contribution in [2.75, 3.05) is 26.9 Å². The van der Waals surface area contributed by atoms with Gasteiger partial charge in [0.05, 0.1) is 36.1 Å². The number of aromatic amines is 1. The van der Waals surface area contributed by atoms with E-state index in [4.69, 9.17) is 37.7 Å². The van der Waals surface area contributed by atoms with Gasteiger partial charge in [0.15, 0.2) is 0 Å². The molecule has 8 nitrogen and oxygen atoms in total. The second-order valence-corrected chi connectivity index (χ2v) is 13.8. The van der Waals surface area contributed by atoms with E-state index in [1.807, 2.05) is 42.6 Å². The molecule has 4 N–H and O–H groups in total. The van der Waals surface area contributed by atoms with Gasteiger partial charge in [0, 0.05) is 77.2 Å². The Morgan fingerprint density at radius 2 is 1.76 bits per heavy atom. The summed E-state index contributed by atoms with van der Waals surface area (Å²) < 4.78 is 11.3. The van der Waals surface area contributed by atoms with Gasteiger partial charge < -0.3 is 30.4 Å². The molecule has 3 fully saturated rings. The quantitative estimate of drug-likeness (QED) is 0.146. The van der Waals surface area contributed by atoms with Gasteiger partial charge in [-0.2, -0.15) is 0 Å². The first-order chi connectivity index (χ1) is 22.3. The van der Waals surface area contributed by atoms with Crippen molar-refractivity contribution < 1.29 is 14.3 Å². The number of hydrogen-bond donors (Lipinski definition) is 4. The number of amides is 1. The van der Waals surface area contributed by atoms with Gasteiger partial charge >= 0.3 is 0 Å². The molecular formula is C36H39Cl2N5O3. The van der Waals surface area contributed by atoms with E-state index in [-0.39, 0.29) is 22.9 Å². The van der Waals surface area contributed by atoms with Crippen molar-refractivity contribution in [3.8, 4) is 28.3 Å². The van der Waals surface area contributed by atoms with Gasteiger partial charge in [-0.3, -0.25) is 4.79 Å². The summed E-state index contributed by atoms with van der Waals surface area (Å²) in [5.41, 5.74) is 7.65. The Bertz CT molecular complexity index is 1760. The van der Waals surface area contributed by atoms with Gasteiger partial charge in [0.1, 0.15) is 0 Å². The predicted octanol–water partition coefficient (Wildman–Crippen LogP) is 6.53. The summed E-state index contributed by atoms with van der Waals surface area (Å²) in [5.74, 6) is 0.646. The fraction of sp³-hybridized carbons (Fsp3) is 0.389. The van der Waals surface area contributed by atoms with Crippen LogP contribution in [0.5, 0.6) is 5.88 Å². The third kappa shape index (κ3) is 5.82. The summed E-state index contributed by atoms with van der Waals surface area (Å²) in [6.07, 6.45) is 5.36. The van der Waals surface area contributed by atoms with Crippen LogP contribution in [0.4, 0.5) is 0 Å². The van der Waals surface area contributed by atoms with Crippen molar-refractivity contribution in [1.29, 1.82) is 0 Å². The maximum atomic E-state index is 11.5. The molecule has 4 aromatic rings. The lowest BCUT2D eigenvalue weighted by Crippen LogP contribution is -2.65. The Morgan fingerprint density at radius 1 is 1.00 bits per heavy atom. The Labute approximate surface area is 279 Å². The molecule has 2 aromatic heterocycles. The Kier molecular flexibility index (Phi) is 8.59. The number of rotatable bonds is 11. The van der Waals surface area contributed by atoms with Gasteiger partial charge in [0.2, 0.25) is 11.8 Å². The van der Waals surface area contributed by atoms with Crippen molar-refractivity contribution in [3.63, 3.8) is 0 Å². The van der Waals surface area contributed by atoms with Crippen LogP contribution in [-0.4, -0.2) is 48.8 Å². The smallest absolute Gasteiger partial charge is 0.220 e. The first-order valence-corrected chi connectivity index (χ1v) is 16.6. The van der Waals surface area contributed by atoms with Gasteiger partial charge in [-0.25, -0.2) is 4.98 Å². The molecule has 240 valence electrons. The normalized spacial score (nSPS) is 19.5. The van der Waals surface area contributed by atoms with Gasteiger partial charge in [0.25, 0.3) is 0 Å². The van der Waals surface area contributed by atoms with Crippen LogP contribution in [0.3, 0.4) is 0 Å². The second kappa shape index (κ2) is 12.7. The zero-order valence-corrected chi connectivity index (χ0v) is 27.7. The van der Waals surface area contributed by atoms with Crippen molar-refractivity contribution in [3.05, 3.63) is 93.2 Å². The highest BCUT2D eigenvalue weighted by Gasteiger charge is 2.59. The summed E-state index contributed by atoms with van der Waals surface area (Å²) in [6, 6.07) is 18.5. The van der Waals surface area contributed by atoms with Crippen LogP contribution in [0.2, 0.25) is 10.0 Å². The van der Waals surface area contributed by atoms with Gasteiger partial charge in [-0.1, -0.05) is 65.7 Å². The zero-order chi connectivity index (χ0) is 31.9. The number of aryl methyl sites for hydroxylation is 1. The van der Waals surface area contributed by atoms with E-state index in [2.05, 4.69) is 46.1 Å². The number of ether oxygens (including phenoxy) is 2. The minimum Gasteiger partial charge on any atom is -0.481 e. The van der Waals surface area contributed by atoms with Crippen molar-refractivity contribution in [2.24, 2.45) is 5.41 Å². The first-order valence-electron chi connectivity index (χ1n) is 15.9. The molecule has 0 unspecified atom stereocenters. The predicted molar refractivity (Wildman–Crippen MR) is 181 cm³/mol. The van der Waals surface area contributed by atoms with Crippen LogP contribution in [0.15, 0.2) is 60.8 Å². The maximum absolute atomic E-state index is 11.5. The lowest BCUT2D eigenvalue weighted by atomic mass is 9.53. The molecule has 7 rings (SSSR count). The van der Waals surface area contributed by atoms with Crippen LogP contribution >= 0.6 is 23.2 Å². The molecule has 2 saturated heterocycles. The summed E-state index contributed by atoms with van der Waals surface area (Å²) in [4.78, 5) is 19.7. The molecule has 46 heavy (non-hydrogen) atoms. The lowest BCUT2D eigenvalue weighted by molar-refractivity contribution is -0.196. The number of methoxy groups -OCH3 is 1.